The summed E-state index contributed by atoms with van der Waals surface area (Å²) >= 11 is 11.6. The Morgan fingerprint density at radius 3 is 2.58 bits per heavy atom. The van der Waals surface area contributed by atoms with Gasteiger partial charge < -0.3 is 10.2 Å². The zero-order valence-corrected chi connectivity index (χ0v) is 15.4. The summed E-state index contributed by atoms with van der Waals surface area (Å²) in [6.45, 7) is 0.867. The third-order valence-corrected chi connectivity index (χ3v) is 4.92. The molecule has 1 saturated heterocycles. The Labute approximate surface area is 160 Å². The van der Waals surface area contributed by atoms with E-state index in [0.29, 0.717) is 30.0 Å². The van der Waals surface area contributed by atoms with Gasteiger partial charge in [-0.05, 0) is 49.2 Å². The van der Waals surface area contributed by atoms with Crippen LogP contribution in [0.5, 0.6) is 0 Å². The van der Waals surface area contributed by atoms with Crippen molar-refractivity contribution in [3.05, 3.63) is 63.9 Å². The van der Waals surface area contributed by atoms with E-state index in [-0.39, 0.29) is 29.1 Å². The minimum Gasteiger partial charge on any atom is -0.338 e. The van der Waals surface area contributed by atoms with Crippen LogP contribution in [0.15, 0.2) is 42.5 Å². The molecule has 1 aliphatic heterocycles. The van der Waals surface area contributed by atoms with E-state index in [9.17, 15) is 14.0 Å². The van der Waals surface area contributed by atoms with Crippen molar-refractivity contribution < 1.29 is 14.0 Å². The van der Waals surface area contributed by atoms with Gasteiger partial charge in [-0.2, -0.15) is 0 Å². The average Bonchev–Trinajstić information content (AvgIpc) is 2.65. The number of carbonyl (C=O) groups is 2. The molecule has 2 amide bonds. The van der Waals surface area contributed by atoms with Crippen molar-refractivity contribution in [2.45, 2.75) is 12.8 Å². The quantitative estimate of drug-likeness (QED) is 0.825. The van der Waals surface area contributed by atoms with Crippen LogP contribution >= 0.6 is 23.2 Å². The van der Waals surface area contributed by atoms with E-state index in [0.717, 1.165) is 0 Å². The Bertz CT molecular complexity index is 827. The number of piperidine rings is 1. The second-order valence-electron chi connectivity index (χ2n) is 6.19. The highest BCUT2D eigenvalue weighted by Crippen LogP contribution is 2.25. The summed E-state index contributed by atoms with van der Waals surface area (Å²) in [6.07, 6.45) is 1.34. The molecule has 1 atom stereocenters. The van der Waals surface area contributed by atoms with Crippen molar-refractivity contribution in [1.29, 1.82) is 0 Å². The molecular formula is C19H17Cl2FN2O2. The van der Waals surface area contributed by atoms with E-state index in [1.54, 1.807) is 35.2 Å². The molecule has 0 saturated carbocycles. The lowest BCUT2D eigenvalue weighted by atomic mass is 9.96. The van der Waals surface area contributed by atoms with Gasteiger partial charge in [0.1, 0.15) is 0 Å². The van der Waals surface area contributed by atoms with E-state index in [2.05, 4.69) is 5.32 Å². The van der Waals surface area contributed by atoms with E-state index < -0.39 is 11.7 Å². The predicted octanol–water partition coefficient (Wildman–Crippen LogP) is 4.62. The maximum Gasteiger partial charge on any atom is 0.253 e. The van der Waals surface area contributed by atoms with Gasteiger partial charge in [0.25, 0.3) is 5.91 Å². The smallest absolute Gasteiger partial charge is 0.253 e. The summed E-state index contributed by atoms with van der Waals surface area (Å²) in [5.74, 6) is -1.53. The molecular weight excluding hydrogens is 378 g/mol. The second-order valence-corrected chi connectivity index (χ2v) is 7.03. The van der Waals surface area contributed by atoms with Crippen LogP contribution in [0.4, 0.5) is 10.1 Å². The number of benzene rings is 2. The number of hydrogen-bond donors (Lipinski definition) is 1. The van der Waals surface area contributed by atoms with E-state index >= 15 is 0 Å². The Kier molecular flexibility index (Phi) is 5.79. The van der Waals surface area contributed by atoms with Crippen LogP contribution in [0.1, 0.15) is 23.2 Å². The summed E-state index contributed by atoms with van der Waals surface area (Å²) < 4.78 is 14.0. The predicted molar refractivity (Wildman–Crippen MR) is 100 cm³/mol. The molecule has 1 unspecified atom stereocenters. The molecule has 0 bridgehead atoms. The Morgan fingerprint density at radius 1 is 1.12 bits per heavy atom. The maximum atomic E-state index is 14.0. The van der Waals surface area contributed by atoms with Crippen LogP contribution in [0, 0.1) is 11.7 Å². The standard InChI is InChI=1S/C19H17Cl2FN2O2/c20-14-8-6-12(7-9-14)19(26)24-10-2-3-13(11-24)18(25)23-16-5-1-4-15(21)17(16)22/h1,4-9,13H,2-3,10-11H2,(H,23,25). The number of likely N-dealkylation sites (tertiary alicyclic amines) is 1. The van der Waals surface area contributed by atoms with Gasteiger partial charge in [0.15, 0.2) is 5.82 Å². The number of nitrogens with zero attached hydrogens (tertiary/aromatic N) is 1. The molecule has 2 aromatic carbocycles. The number of hydrogen-bond acceptors (Lipinski definition) is 2. The van der Waals surface area contributed by atoms with Gasteiger partial charge in [-0.15, -0.1) is 0 Å². The van der Waals surface area contributed by atoms with Gasteiger partial charge in [0.05, 0.1) is 16.6 Å². The Balaban J connectivity index is 1.67. The monoisotopic (exact) mass is 394 g/mol. The molecule has 0 radical (unpaired) electrons. The molecule has 0 aliphatic carbocycles. The highest BCUT2D eigenvalue weighted by molar-refractivity contribution is 6.31. The van der Waals surface area contributed by atoms with E-state index in [1.165, 1.54) is 12.1 Å². The zero-order valence-electron chi connectivity index (χ0n) is 13.8. The number of anilines is 1. The zero-order chi connectivity index (χ0) is 18.7. The first kappa shape index (κ1) is 18.7. The summed E-state index contributed by atoms with van der Waals surface area (Å²) in [5.41, 5.74) is 0.569. The molecule has 2 aromatic rings. The van der Waals surface area contributed by atoms with Gasteiger partial charge in [-0.1, -0.05) is 29.3 Å². The first-order valence-corrected chi connectivity index (χ1v) is 9.01. The number of amides is 2. The molecule has 1 N–H and O–H groups in total. The largest absolute Gasteiger partial charge is 0.338 e. The minimum absolute atomic E-state index is 0.0450. The minimum atomic E-state index is -0.660. The fourth-order valence-corrected chi connectivity index (χ4v) is 3.29. The Hall–Kier alpha value is -2.11. The normalized spacial score (nSPS) is 17.0. The maximum absolute atomic E-state index is 14.0. The van der Waals surface area contributed by atoms with Gasteiger partial charge in [-0.25, -0.2) is 4.39 Å². The lowest BCUT2D eigenvalue weighted by Crippen LogP contribution is -2.43. The lowest BCUT2D eigenvalue weighted by molar-refractivity contribution is -0.121. The van der Waals surface area contributed by atoms with Crippen LogP contribution in [0.25, 0.3) is 0 Å². The molecule has 3 rings (SSSR count). The topological polar surface area (TPSA) is 49.4 Å². The van der Waals surface area contributed by atoms with Crippen molar-refractivity contribution >= 4 is 40.7 Å². The van der Waals surface area contributed by atoms with E-state index in [1.807, 2.05) is 0 Å². The fraction of sp³-hybridized carbons (Fsp3) is 0.263. The third kappa shape index (κ3) is 4.17. The highest BCUT2D eigenvalue weighted by Gasteiger charge is 2.29. The van der Waals surface area contributed by atoms with Crippen LogP contribution in [0.3, 0.4) is 0 Å². The molecule has 1 heterocycles. The van der Waals surface area contributed by atoms with E-state index in [4.69, 9.17) is 23.2 Å². The van der Waals surface area contributed by atoms with Crippen molar-refractivity contribution in [2.24, 2.45) is 5.92 Å². The number of rotatable bonds is 3. The molecule has 4 nitrogen and oxygen atoms in total. The van der Waals surface area contributed by atoms with Crippen molar-refractivity contribution in [3.8, 4) is 0 Å². The lowest BCUT2D eigenvalue weighted by Gasteiger charge is -2.32. The molecule has 7 heteroatoms. The SMILES string of the molecule is O=C(Nc1cccc(Cl)c1F)C1CCCN(C(=O)c2ccc(Cl)cc2)C1. The van der Waals surface area contributed by atoms with Gasteiger partial charge in [0, 0.05) is 23.7 Å². The Morgan fingerprint density at radius 2 is 1.85 bits per heavy atom. The fourth-order valence-electron chi connectivity index (χ4n) is 2.99. The van der Waals surface area contributed by atoms with Crippen LogP contribution in [-0.4, -0.2) is 29.8 Å². The average molecular weight is 395 g/mol. The third-order valence-electron chi connectivity index (χ3n) is 4.38. The molecule has 26 heavy (non-hydrogen) atoms. The molecule has 0 spiro atoms. The number of carbonyl (C=O) groups excluding carboxylic acids is 2. The van der Waals surface area contributed by atoms with Crippen LogP contribution in [0.2, 0.25) is 10.0 Å². The van der Waals surface area contributed by atoms with Crippen LogP contribution < -0.4 is 5.32 Å². The molecule has 136 valence electrons. The number of halogens is 3. The summed E-state index contributed by atoms with van der Waals surface area (Å²) in [7, 11) is 0. The molecule has 1 fully saturated rings. The van der Waals surface area contributed by atoms with Gasteiger partial charge >= 0.3 is 0 Å². The van der Waals surface area contributed by atoms with Crippen LogP contribution in [-0.2, 0) is 4.79 Å². The summed E-state index contributed by atoms with van der Waals surface area (Å²) in [4.78, 5) is 26.8. The van der Waals surface area contributed by atoms with Crippen molar-refractivity contribution in [3.63, 3.8) is 0 Å². The molecule has 1 aliphatic rings. The van der Waals surface area contributed by atoms with Gasteiger partial charge in [0.2, 0.25) is 5.91 Å². The first-order valence-electron chi connectivity index (χ1n) is 8.25. The van der Waals surface area contributed by atoms with Crippen molar-refractivity contribution in [1.82, 2.24) is 4.90 Å². The van der Waals surface area contributed by atoms with Gasteiger partial charge in [-0.3, -0.25) is 9.59 Å². The molecule has 0 aromatic heterocycles. The number of nitrogens with one attached hydrogen (secondary N) is 1. The van der Waals surface area contributed by atoms with Crippen molar-refractivity contribution in [2.75, 3.05) is 18.4 Å². The first-order chi connectivity index (χ1) is 12.5. The highest BCUT2D eigenvalue weighted by atomic mass is 35.5. The second kappa shape index (κ2) is 8.06. The summed E-state index contributed by atoms with van der Waals surface area (Å²) in [6, 6.07) is 11.1. The summed E-state index contributed by atoms with van der Waals surface area (Å²) in [5, 5.41) is 3.08.